The average molecular weight is 213 g/mol. The van der Waals surface area contributed by atoms with E-state index in [1.165, 1.54) is 6.08 Å². The van der Waals surface area contributed by atoms with Crippen molar-refractivity contribution in [3.63, 3.8) is 0 Å². The zero-order chi connectivity index (χ0) is 11.4. The number of carbonyl (C=O) groups is 1. The minimum Gasteiger partial charge on any atom is -0.289 e. The molecule has 0 atom stereocenters. The topological polar surface area (TPSA) is 47.8 Å². The fourth-order valence-corrected chi connectivity index (χ4v) is 1.31. The number of rotatable bonds is 3. The maximum absolute atomic E-state index is 11.7. The maximum atomic E-state index is 11.7. The highest BCUT2D eigenvalue weighted by Gasteiger charge is 2.00. The Hall–Kier alpha value is -2.23. The summed E-state index contributed by atoms with van der Waals surface area (Å²) in [7, 11) is 1.83. The Morgan fingerprint density at radius 1 is 1.38 bits per heavy atom. The molecule has 2 heterocycles. The Labute approximate surface area is 93.2 Å². The largest absolute Gasteiger partial charge is 0.289 e. The summed E-state index contributed by atoms with van der Waals surface area (Å²) in [5.41, 5.74) is 1.47. The van der Waals surface area contributed by atoms with Crippen LogP contribution in [0.4, 0.5) is 0 Å². The zero-order valence-corrected chi connectivity index (χ0v) is 8.87. The molecule has 0 saturated carbocycles. The molecular formula is C12H11N3O. The highest BCUT2D eigenvalue weighted by atomic mass is 16.1. The molecule has 80 valence electrons. The zero-order valence-electron chi connectivity index (χ0n) is 8.87. The molecule has 0 fully saturated rings. The second-order valence-electron chi connectivity index (χ2n) is 3.32. The molecule has 0 saturated heterocycles. The fraction of sp³-hybridized carbons (Fsp3) is 0.0833. The van der Waals surface area contributed by atoms with Crippen molar-refractivity contribution in [3.05, 3.63) is 54.1 Å². The minimum absolute atomic E-state index is 0.0608. The predicted octanol–water partition coefficient (Wildman–Crippen LogP) is 1.71. The van der Waals surface area contributed by atoms with Gasteiger partial charge in [0.25, 0.3) is 0 Å². The van der Waals surface area contributed by atoms with E-state index in [4.69, 9.17) is 0 Å². The molecule has 0 unspecified atom stereocenters. The van der Waals surface area contributed by atoms with Gasteiger partial charge in [-0.25, -0.2) is 0 Å². The lowest BCUT2D eigenvalue weighted by atomic mass is 10.2. The summed E-state index contributed by atoms with van der Waals surface area (Å²) in [6, 6.07) is 5.32. The molecule has 4 nitrogen and oxygen atoms in total. The van der Waals surface area contributed by atoms with Crippen LogP contribution in [0.3, 0.4) is 0 Å². The number of allylic oxidation sites excluding steroid dienone is 1. The molecule has 0 aliphatic carbocycles. The summed E-state index contributed by atoms with van der Waals surface area (Å²) in [4.78, 5) is 15.6. The smallest absolute Gasteiger partial charge is 0.187 e. The van der Waals surface area contributed by atoms with Crippen molar-refractivity contribution < 1.29 is 4.79 Å². The second kappa shape index (κ2) is 4.53. The number of pyridine rings is 1. The Kier molecular flexibility index (Phi) is 2.91. The van der Waals surface area contributed by atoms with E-state index in [1.807, 2.05) is 13.1 Å². The second-order valence-corrected chi connectivity index (χ2v) is 3.32. The van der Waals surface area contributed by atoms with Crippen LogP contribution >= 0.6 is 0 Å². The number of ketones is 1. The van der Waals surface area contributed by atoms with Gasteiger partial charge in [0, 0.05) is 31.2 Å². The first-order valence-corrected chi connectivity index (χ1v) is 4.88. The molecule has 0 aromatic carbocycles. The first-order chi connectivity index (χ1) is 7.77. The van der Waals surface area contributed by atoms with Gasteiger partial charge in [-0.05, 0) is 30.4 Å². The molecule has 0 aliphatic rings. The van der Waals surface area contributed by atoms with Gasteiger partial charge in [-0.15, -0.1) is 0 Å². The van der Waals surface area contributed by atoms with Gasteiger partial charge < -0.3 is 0 Å². The molecule has 0 spiro atoms. The van der Waals surface area contributed by atoms with Crippen molar-refractivity contribution in [3.8, 4) is 0 Å². The van der Waals surface area contributed by atoms with Gasteiger partial charge in [0.05, 0.1) is 5.69 Å². The van der Waals surface area contributed by atoms with Crippen LogP contribution < -0.4 is 0 Å². The fourth-order valence-electron chi connectivity index (χ4n) is 1.31. The summed E-state index contributed by atoms with van der Waals surface area (Å²) >= 11 is 0. The van der Waals surface area contributed by atoms with Crippen molar-refractivity contribution >= 4 is 11.9 Å². The van der Waals surface area contributed by atoms with Crippen LogP contribution in [0, 0.1) is 0 Å². The Bertz CT molecular complexity index is 514. The van der Waals surface area contributed by atoms with E-state index < -0.39 is 0 Å². The predicted molar refractivity (Wildman–Crippen MR) is 60.8 cm³/mol. The minimum atomic E-state index is -0.0608. The van der Waals surface area contributed by atoms with Crippen LogP contribution in [-0.4, -0.2) is 20.5 Å². The number of nitrogens with zero attached hydrogens (tertiary/aromatic N) is 3. The molecule has 2 aromatic heterocycles. The highest BCUT2D eigenvalue weighted by molar-refractivity contribution is 6.06. The SMILES string of the molecule is Cn1nccc1/C=C\C(=O)c1cccnc1. The van der Waals surface area contributed by atoms with Crippen LogP contribution in [0.1, 0.15) is 16.1 Å². The van der Waals surface area contributed by atoms with Gasteiger partial charge in [0.2, 0.25) is 0 Å². The van der Waals surface area contributed by atoms with E-state index >= 15 is 0 Å². The van der Waals surface area contributed by atoms with Crippen LogP contribution in [0.25, 0.3) is 6.08 Å². The van der Waals surface area contributed by atoms with Crippen molar-refractivity contribution in [2.45, 2.75) is 0 Å². The van der Waals surface area contributed by atoms with E-state index in [0.29, 0.717) is 5.56 Å². The van der Waals surface area contributed by atoms with E-state index in [-0.39, 0.29) is 5.78 Å². The molecule has 2 aromatic rings. The van der Waals surface area contributed by atoms with Crippen molar-refractivity contribution in [2.24, 2.45) is 7.05 Å². The number of aromatic nitrogens is 3. The van der Waals surface area contributed by atoms with Crippen molar-refractivity contribution in [1.29, 1.82) is 0 Å². The molecule has 0 N–H and O–H groups in total. The van der Waals surface area contributed by atoms with E-state index in [1.54, 1.807) is 41.5 Å². The summed E-state index contributed by atoms with van der Waals surface area (Å²) < 4.78 is 1.70. The normalized spacial score (nSPS) is 10.8. The van der Waals surface area contributed by atoms with E-state index in [2.05, 4.69) is 10.1 Å². The first kappa shape index (κ1) is 10.3. The Morgan fingerprint density at radius 2 is 2.25 bits per heavy atom. The molecule has 2 rings (SSSR count). The Balaban J connectivity index is 2.15. The molecular weight excluding hydrogens is 202 g/mol. The molecule has 0 aliphatic heterocycles. The standard InChI is InChI=1S/C12H11N3O/c1-15-11(6-8-14-15)4-5-12(16)10-3-2-7-13-9-10/h2-9H,1H3/b5-4-. The monoisotopic (exact) mass is 213 g/mol. The number of hydrogen-bond acceptors (Lipinski definition) is 3. The van der Waals surface area contributed by atoms with Crippen LogP contribution in [0.2, 0.25) is 0 Å². The lowest BCUT2D eigenvalue weighted by molar-refractivity contribution is 0.104. The summed E-state index contributed by atoms with van der Waals surface area (Å²) in [5, 5.41) is 4.01. The van der Waals surface area contributed by atoms with Gasteiger partial charge in [-0.2, -0.15) is 5.10 Å². The number of hydrogen-bond donors (Lipinski definition) is 0. The van der Waals surface area contributed by atoms with Crippen molar-refractivity contribution in [1.82, 2.24) is 14.8 Å². The summed E-state index contributed by atoms with van der Waals surface area (Å²) in [5.74, 6) is -0.0608. The molecule has 0 amide bonds. The van der Waals surface area contributed by atoms with Crippen LogP contribution in [0.15, 0.2) is 42.9 Å². The molecule has 0 radical (unpaired) electrons. The molecule has 16 heavy (non-hydrogen) atoms. The molecule has 0 bridgehead atoms. The Morgan fingerprint density at radius 3 is 2.88 bits per heavy atom. The number of carbonyl (C=O) groups excluding carboxylic acids is 1. The van der Waals surface area contributed by atoms with E-state index in [0.717, 1.165) is 5.69 Å². The maximum Gasteiger partial charge on any atom is 0.187 e. The molecule has 4 heteroatoms. The van der Waals surface area contributed by atoms with Gasteiger partial charge >= 0.3 is 0 Å². The summed E-state index contributed by atoms with van der Waals surface area (Å²) in [6.45, 7) is 0. The van der Waals surface area contributed by atoms with Crippen LogP contribution in [-0.2, 0) is 7.05 Å². The van der Waals surface area contributed by atoms with Gasteiger partial charge in [0.15, 0.2) is 5.78 Å². The quantitative estimate of drug-likeness (QED) is 0.576. The van der Waals surface area contributed by atoms with Gasteiger partial charge in [-0.1, -0.05) is 0 Å². The van der Waals surface area contributed by atoms with Crippen molar-refractivity contribution in [2.75, 3.05) is 0 Å². The van der Waals surface area contributed by atoms with Gasteiger partial charge in [0.1, 0.15) is 0 Å². The third kappa shape index (κ3) is 2.23. The third-order valence-corrected chi connectivity index (χ3v) is 2.21. The van der Waals surface area contributed by atoms with Crippen LogP contribution in [0.5, 0.6) is 0 Å². The number of aryl methyl sites for hydroxylation is 1. The summed E-state index contributed by atoms with van der Waals surface area (Å²) in [6.07, 6.45) is 8.14. The first-order valence-electron chi connectivity index (χ1n) is 4.88. The lowest BCUT2D eigenvalue weighted by Crippen LogP contribution is -1.96. The highest BCUT2D eigenvalue weighted by Crippen LogP contribution is 2.03. The van der Waals surface area contributed by atoms with E-state index in [9.17, 15) is 4.79 Å². The lowest BCUT2D eigenvalue weighted by Gasteiger charge is -1.95. The van der Waals surface area contributed by atoms with Gasteiger partial charge in [-0.3, -0.25) is 14.5 Å². The third-order valence-electron chi connectivity index (χ3n) is 2.21. The average Bonchev–Trinajstić information content (AvgIpc) is 2.73.